The number of fused-ring (bicyclic) bond motifs is 5. The molecule has 0 bridgehead atoms. The van der Waals surface area contributed by atoms with Crippen LogP contribution in [0.1, 0.15) is 25.5 Å². The van der Waals surface area contributed by atoms with Gasteiger partial charge in [-0.25, -0.2) is 9.69 Å². The Kier molecular flexibility index (Phi) is 4.98. The zero-order valence-corrected chi connectivity index (χ0v) is 19.7. The fourth-order valence-electron chi connectivity index (χ4n) is 5.31. The second-order valence-electron chi connectivity index (χ2n) is 8.25. The summed E-state index contributed by atoms with van der Waals surface area (Å²) in [6.07, 6.45) is 0. The van der Waals surface area contributed by atoms with Crippen LogP contribution in [0.25, 0.3) is 0 Å². The SMILES string of the molecule is CCOC(=O)C1C2COc3ccc(Br)cc3C2N2C(=O)N(c3cccc(Cl)c3)C(=O)[C@]12C. The van der Waals surface area contributed by atoms with E-state index < -0.39 is 41.3 Å². The van der Waals surface area contributed by atoms with Crippen molar-refractivity contribution >= 4 is 51.1 Å². The van der Waals surface area contributed by atoms with E-state index in [4.69, 9.17) is 21.1 Å². The molecule has 9 heteroatoms. The Morgan fingerprint density at radius 1 is 1.28 bits per heavy atom. The van der Waals surface area contributed by atoms with Crippen LogP contribution in [0.4, 0.5) is 10.5 Å². The summed E-state index contributed by atoms with van der Waals surface area (Å²) in [5, 5.41) is 0.403. The highest BCUT2D eigenvalue weighted by molar-refractivity contribution is 9.10. The second-order valence-corrected chi connectivity index (χ2v) is 9.60. The molecule has 0 aromatic heterocycles. The minimum Gasteiger partial charge on any atom is -0.493 e. The number of esters is 1. The van der Waals surface area contributed by atoms with Gasteiger partial charge in [0.05, 0.1) is 30.9 Å². The molecule has 2 aromatic carbocycles. The molecule has 3 unspecified atom stereocenters. The standard InChI is InChI=1S/C23H20BrClN2O5/c1-3-31-20(28)18-16-11-32-17-8-7-12(24)9-15(17)19(16)27-22(30)26(21(29)23(18,27)2)14-6-4-5-13(25)10-14/h4-10,16,18-19H,3,11H2,1-2H3/t16?,18?,19?,23-/m0/s1. The van der Waals surface area contributed by atoms with Crippen LogP contribution < -0.4 is 9.64 Å². The summed E-state index contributed by atoms with van der Waals surface area (Å²) in [6.45, 7) is 3.74. The van der Waals surface area contributed by atoms with Gasteiger partial charge in [0.25, 0.3) is 5.91 Å². The first-order valence-electron chi connectivity index (χ1n) is 10.3. The van der Waals surface area contributed by atoms with Crippen LogP contribution in [0, 0.1) is 11.8 Å². The molecule has 0 spiro atoms. The first kappa shape index (κ1) is 21.3. The summed E-state index contributed by atoms with van der Waals surface area (Å²) in [7, 11) is 0. The number of halogens is 2. The maximum atomic E-state index is 13.8. The first-order chi connectivity index (χ1) is 15.3. The van der Waals surface area contributed by atoms with Crippen LogP contribution in [0.2, 0.25) is 5.02 Å². The molecule has 3 amide bonds. The smallest absolute Gasteiger partial charge is 0.332 e. The van der Waals surface area contributed by atoms with E-state index in [2.05, 4.69) is 15.9 Å². The van der Waals surface area contributed by atoms with E-state index in [1.54, 1.807) is 38.1 Å². The molecular formula is C23H20BrClN2O5. The summed E-state index contributed by atoms with van der Waals surface area (Å²) in [6, 6.07) is 11.1. The van der Waals surface area contributed by atoms with Gasteiger partial charge < -0.3 is 14.4 Å². The number of rotatable bonds is 3. The average Bonchev–Trinajstić information content (AvgIpc) is 3.13. The predicted octanol–water partition coefficient (Wildman–Crippen LogP) is 4.57. The number of hydrogen-bond donors (Lipinski definition) is 0. The van der Waals surface area contributed by atoms with E-state index in [0.717, 1.165) is 14.9 Å². The Morgan fingerprint density at radius 3 is 2.78 bits per heavy atom. The van der Waals surface area contributed by atoms with E-state index in [1.165, 1.54) is 4.90 Å². The molecule has 32 heavy (non-hydrogen) atoms. The van der Waals surface area contributed by atoms with Crippen LogP contribution in [-0.2, 0) is 14.3 Å². The number of benzene rings is 2. The molecule has 2 fully saturated rings. The number of ether oxygens (including phenoxy) is 2. The number of carbonyl (C=O) groups is 3. The van der Waals surface area contributed by atoms with Crippen LogP contribution in [0.3, 0.4) is 0 Å². The Morgan fingerprint density at radius 2 is 2.06 bits per heavy atom. The molecule has 166 valence electrons. The van der Waals surface area contributed by atoms with Crippen LogP contribution in [-0.4, -0.2) is 41.6 Å². The third kappa shape index (κ3) is 2.82. The minimum atomic E-state index is -1.42. The Bertz CT molecular complexity index is 1160. The highest BCUT2D eigenvalue weighted by Crippen LogP contribution is 2.58. The van der Waals surface area contributed by atoms with Crippen molar-refractivity contribution in [2.24, 2.45) is 11.8 Å². The monoisotopic (exact) mass is 518 g/mol. The van der Waals surface area contributed by atoms with Gasteiger partial charge in [0.15, 0.2) is 0 Å². The van der Waals surface area contributed by atoms with Crippen molar-refractivity contribution in [3.63, 3.8) is 0 Å². The van der Waals surface area contributed by atoms with Crippen molar-refractivity contribution in [2.75, 3.05) is 18.1 Å². The Labute approximate surface area is 198 Å². The summed E-state index contributed by atoms with van der Waals surface area (Å²) in [5.74, 6) is -1.66. The maximum absolute atomic E-state index is 13.8. The summed E-state index contributed by atoms with van der Waals surface area (Å²) >= 11 is 9.61. The van der Waals surface area contributed by atoms with E-state index in [9.17, 15) is 14.4 Å². The molecule has 0 saturated carbocycles. The van der Waals surface area contributed by atoms with E-state index in [1.807, 2.05) is 18.2 Å². The summed E-state index contributed by atoms with van der Waals surface area (Å²) < 4.78 is 12.1. The van der Waals surface area contributed by atoms with Crippen molar-refractivity contribution in [3.05, 3.63) is 57.5 Å². The lowest BCUT2D eigenvalue weighted by Crippen LogP contribution is -2.51. The predicted molar refractivity (Wildman–Crippen MR) is 121 cm³/mol. The van der Waals surface area contributed by atoms with Gasteiger partial charge in [-0.05, 0) is 50.2 Å². The van der Waals surface area contributed by atoms with Gasteiger partial charge in [-0.2, -0.15) is 0 Å². The van der Waals surface area contributed by atoms with Gasteiger partial charge in [-0.3, -0.25) is 9.59 Å². The fourth-order valence-corrected chi connectivity index (χ4v) is 5.87. The van der Waals surface area contributed by atoms with Crippen LogP contribution in [0.5, 0.6) is 5.75 Å². The zero-order chi connectivity index (χ0) is 22.8. The quantitative estimate of drug-likeness (QED) is 0.439. The topological polar surface area (TPSA) is 76.2 Å². The molecule has 3 aliphatic rings. The Hall–Kier alpha value is -2.58. The number of nitrogens with zero attached hydrogens (tertiary/aromatic N) is 2. The number of carbonyl (C=O) groups excluding carboxylic acids is 3. The highest BCUT2D eigenvalue weighted by atomic mass is 79.9. The number of hydrogen-bond acceptors (Lipinski definition) is 5. The molecule has 2 aromatic rings. The van der Waals surface area contributed by atoms with Crippen LogP contribution >= 0.6 is 27.5 Å². The minimum absolute atomic E-state index is 0.173. The van der Waals surface area contributed by atoms with E-state index in [-0.39, 0.29) is 13.2 Å². The molecule has 0 radical (unpaired) electrons. The van der Waals surface area contributed by atoms with Gasteiger partial charge in [-0.1, -0.05) is 33.6 Å². The van der Waals surface area contributed by atoms with Gasteiger partial charge in [-0.15, -0.1) is 0 Å². The van der Waals surface area contributed by atoms with Gasteiger partial charge in [0.2, 0.25) is 0 Å². The maximum Gasteiger partial charge on any atom is 0.332 e. The molecule has 0 N–H and O–H groups in total. The zero-order valence-electron chi connectivity index (χ0n) is 17.4. The number of imide groups is 1. The third-order valence-electron chi connectivity index (χ3n) is 6.58. The normalized spacial score (nSPS) is 28.2. The lowest BCUT2D eigenvalue weighted by Gasteiger charge is -2.34. The van der Waals surface area contributed by atoms with Crippen molar-refractivity contribution in [3.8, 4) is 5.75 Å². The lowest BCUT2D eigenvalue weighted by molar-refractivity contribution is -0.154. The lowest BCUT2D eigenvalue weighted by atomic mass is 9.77. The largest absolute Gasteiger partial charge is 0.493 e. The number of anilines is 1. The molecule has 4 atom stereocenters. The highest BCUT2D eigenvalue weighted by Gasteiger charge is 2.72. The first-order valence-corrected chi connectivity index (χ1v) is 11.5. The molecule has 3 aliphatic heterocycles. The third-order valence-corrected chi connectivity index (χ3v) is 7.31. The molecule has 3 heterocycles. The molecule has 2 saturated heterocycles. The van der Waals surface area contributed by atoms with Crippen molar-refractivity contribution < 1.29 is 23.9 Å². The van der Waals surface area contributed by atoms with E-state index in [0.29, 0.717) is 16.5 Å². The molecule has 0 aliphatic carbocycles. The van der Waals surface area contributed by atoms with E-state index >= 15 is 0 Å². The van der Waals surface area contributed by atoms with Gasteiger partial charge >= 0.3 is 12.0 Å². The molecular weight excluding hydrogens is 500 g/mol. The summed E-state index contributed by atoms with van der Waals surface area (Å²) in [4.78, 5) is 43.4. The van der Waals surface area contributed by atoms with Crippen molar-refractivity contribution in [1.82, 2.24) is 4.90 Å². The average molecular weight is 520 g/mol. The molecule has 7 nitrogen and oxygen atoms in total. The number of urea groups is 1. The Balaban J connectivity index is 1.70. The van der Waals surface area contributed by atoms with Crippen molar-refractivity contribution in [2.45, 2.75) is 25.4 Å². The second kappa shape index (κ2) is 7.49. The summed E-state index contributed by atoms with van der Waals surface area (Å²) in [5.41, 5.74) is -0.305. The van der Waals surface area contributed by atoms with Crippen molar-refractivity contribution in [1.29, 1.82) is 0 Å². The van der Waals surface area contributed by atoms with Gasteiger partial charge in [0, 0.05) is 21.0 Å². The number of amides is 3. The van der Waals surface area contributed by atoms with Crippen LogP contribution in [0.15, 0.2) is 46.9 Å². The molecule has 5 rings (SSSR count). The fraction of sp³-hybridized carbons (Fsp3) is 0.348. The van der Waals surface area contributed by atoms with Gasteiger partial charge in [0.1, 0.15) is 11.3 Å².